The van der Waals surface area contributed by atoms with Crippen LogP contribution in [0.5, 0.6) is 0 Å². The first-order chi connectivity index (χ1) is 9.18. The lowest BCUT2D eigenvalue weighted by molar-refractivity contribution is 0.0698. The van der Waals surface area contributed by atoms with Crippen LogP contribution in [0.3, 0.4) is 0 Å². The second-order valence-corrected chi connectivity index (χ2v) is 4.17. The first-order valence-corrected chi connectivity index (χ1v) is 5.72. The van der Waals surface area contributed by atoms with Gasteiger partial charge in [0, 0.05) is 34.4 Å². The summed E-state index contributed by atoms with van der Waals surface area (Å²) in [4.78, 5) is 18.3. The van der Waals surface area contributed by atoms with E-state index in [-0.39, 0.29) is 11.4 Å². The van der Waals surface area contributed by atoms with E-state index in [0.29, 0.717) is 5.56 Å². The van der Waals surface area contributed by atoms with Gasteiger partial charge in [0.1, 0.15) is 11.4 Å². The molecule has 2 aromatic heterocycles. The molecule has 5 heteroatoms. The van der Waals surface area contributed by atoms with E-state index in [4.69, 9.17) is 5.73 Å². The maximum absolute atomic E-state index is 11.3. The predicted molar refractivity (Wildman–Crippen MR) is 72.9 cm³/mol. The number of carboxylic acids is 1. The highest BCUT2D eigenvalue weighted by Gasteiger charge is 2.18. The van der Waals surface area contributed by atoms with Crippen LogP contribution in [0.25, 0.3) is 22.0 Å². The fraction of sp³-hybridized carbons (Fsp3) is 0. The zero-order valence-electron chi connectivity index (χ0n) is 9.92. The quantitative estimate of drug-likeness (QED) is 0.654. The zero-order valence-corrected chi connectivity index (χ0v) is 9.92. The van der Waals surface area contributed by atoms with Gasteiger partial charge in [0.2, 0.25) is 0 Å². The van der Waals surface area contributed by atoms with E-state index < -0.39 is 5.97 Å². The minimum Gasteiger partial charge on any atom is -0.478 e. The third-order valence-electron chi connectivity index (χ3n) is 3.07. The van der Waals surface area contributed by atoms with Crippen LogP contribution in [0.1, 0.15) is 10.4 Å². The largest absolute Gasteiger partial charge is 0.478 e. The number of hydrogen-bond donors (Lipinski definition) is 3. The molecular weight excluding hydrogens is 242 g/mol. The van der Waals surface area contributed by atoms with Crippen LogP contribution < -0.4 is 5.73 Å². The molecule has 5 nitrogen and oxygen atoms in total. The van der Waals surface area contributed by atoms with Crippen LogP contribution in [-0.2, 0) is 0 Å². The Morgan fingerprint density at radius 2 is 2.00 bits per heavy atom. The number of aromatic amines is 1. The summed E-state index contributed by atoms with van der Waals surface area (Å²) >= 11 is 0. The fourth-order valence-electron chi connectivity index (χ4n) is 2.22. The highest BCUT2D eigenvalue weighted by atomic mass is 16.4. The summed E-state index contributed by atoms with van der Waals surface area (Å²) in [5.74, 6) is -1.05. The number of nitrogen functional groups attached to an aromatic ring is 1. The van der Waals surface area contributed by atoms with Crippen molar-refractivity contribution in [3.63, 3.8) is 0 Å². The summed E-state index contributed by atoms with van der Waals surface area (Å²) in [5, 5.41) is 10.2. The minimum atomic E-state index is -1.08. The fourth-order valence-corrected chi connectivity index (χ4v) is 2.22. The van der Waals surface area contributed by atoms with Crippen molar-refractivity contribution in [3.05, 3.63) is 48.3 Å². The third-order valence-corrected chi connectivity index (χ3v) is 3.07. The summed E-state index contributed by atoms with van der Waals surface area (Å²) in [6.07, 6.45) is 3.30. The van der Waals surface area contributed by atoms with Gasteiger partial charge in [-0.1, -0.05) is 18.2 Å². The summed E-state index contributed by atoms with van der Waals surface area (Å²) in [5.41, 5.74) is 8.03. The number of hydrogen-bond acceptors (Lipinski definition) is 3. The minimum absolute atomic E-state index is 0.0234. The summed E-state index contributed by atoms with van der Waals surface area (Å²) in [6.45, 7) is 0. The lowest BCUT2D eigenvalue weighted by Gasteiger charge is -2.06. The molecule has 0 atom stereocenters. The van der Waals surface area contributed by atoms with E-state index >= 15 is 0 Å². The standard InChI is InChI=1S/C14H11N3O2/c15-13-12(14(18)19)9(5-6-16-13)10-7-17-11-4-2-1-3-8(10)11/h1-7,17H,(H2,15,16)(H,18,19). The molecule has 94 valence electrons. The first kappa shape index (κ1) is 11.3. The summed E-state index contributed by atoms with van der Waals surface area (Å²) in [7, 11) is 0. The molecule has 0 aliphatic heterocycles. The van der Waals surface area contributed by atoms with Crippen LogP contribution in [0.4, 0.5) is 5.82 Å². The van der Waals surface area contributed by atoms with Gasteiger partial charge >= 0.3 is 5.97 Å². The van der Waals surface area contributed by atoms with Crippen molar-refractivity contribution in [2.24, 2.45) is 0 Å². The Morgan fingerprint density at radius 1 is 1.21 bits per heavy atom. The number of carbonyl (C=O) groups is 1. The molecule has 0 aliphatic carbocycles. The molecule has 3 aromatic rings. The van der Waals surface area contributed by atoms with E-state index in [1.807, 2.05) is 24.3 Å². The van der Waals surface area contributed by atoms with Gasteiger partial charge in [-0.25, -0.2) is 9.78 Å². The number of H-pyrrole nitrogens is 1. The molecule has 0 fully saturated rings. The number of benzene rings is 1. The van der Waals surface area contributed by atoms with Gasteiger partial charge in [-0.2, -0.15) is 0 Å². The van der Waals surface area contributed by atoms with Crippen LogP contribution in [0.2, 0.25) is 0 Å². The maximum atomic E-state index is 11.3. The lowest BCUT2D eigenvalue weighted by atomic mass is 10.0. The second-order valence-electron chi connectivity index (χ2n) is 4.17. The number of para-hydroxylation sites is 1. The smallest absolute Gasteiger partial charge is 0.340 e. The Morgan fingerprint density at radius 3 is 2.79 bits per heavy atom. The number of nitrogens with zero attached hydrogens (tertiary/aromatic N) is 1. The average molecular weight is 253 g/mol. The molecule has 1 aromatic carbocycles. The summed E-state index contributed by atoms with van der Waals surface area (Å²) in [6, 6.07) is 9.36. The van der Waals surface area contributed by atoms with E-state index in [1.165, 1.54) is 6.20 Å². The first-order valence-electron chi connectivity index (χ1n) is 5.72. The van der Waals surface area contributed by atoms with Gasteiger partial charge in [-0.3, -0.25) is 0 Å². The second kappa shape index (κ2) is 4.13. The van der Waals surface area contributed by atoms with Gasteiger partial charge < -0.3 is 15.8 Å². The van der Waals surface area contributed by atoms with Gasteiger partial charge in [0.25, 0.3) is 0 Å². The predicted octanol–water partition coefficient (Wildman–Crippen LogP) is 2.51. The molecule has 0 unspecified atom stereocenters. The molecule has 0 amide bonds. The van der Waals surface area contributed by atoms with Crippen LogP contribution in [0, 0.1) is 0 Å². The van der Waals surface area contributed by atoms with E-state index in [1.54, 1.807) is 12.3 Å². The van der Waals surface area contributed by atoms with E-state index in [9.17, 15) is 9.90 Å². The number of nitrogens with two attached hydrogens (primary N) is 1. The zero-order chi connectivity index (χ0) is 13.4. The van der Waals surface area contributed by atoms with Crippen molar-refractivity contribution in [2.45, 2.75) is 0 Å². The Bertz CT molecular complexity index is 777. The Kier molecular flexibility index (Phi) is 2.45. The van der Waals surface area contributed by atoms with Crippen molar-refractivity contribution in [2.75, 3.05) is 5.73 Å². The molecule has 0 saturated heterocycles. The molecule has 0 bridgehead atoms. The highest BCUT2D eigenvalue weighted by Crippen LogP contribution is 2.32. The SMILES string of the molecule is Nc1nccc(-c2c[nH]c3ccccc23)c1C(=O)O. The number of anilines is 1. The highest BCUT2D eigenvalue weighted by molar-refractivity contribution is 6.05. The number of aromatic nitrogens is 2. The average Bonchev–Trinajstić information content (AvgIpc) is 2.81. The number of nitrogens with one attached hydrogen (secondary N) is 1. The molecule has 4 N–H and O–H groups in total. The van der Waals surface area contributed by atoms with Gasteiger partial charge in [-0.15, -0.1) is 0 Å². The van der Waals surface area contributed by atoms with Crippen molar-refractivity contribution in [3.8, 4) is 11.1 Å². The maximum Gasteiger partial charge on any atom is 0.340 e. The number of fused-ring (bicyclic) bond motifs is 1. The van der Waals surface area contributed by atoms with E-state index in [2.05, 4.69) is 9.97 Å². The van der Waals surface area contributed by atoms with Crippen LogP contribution in [-0.4, -0.2) is 21.0 Å². The normalized spacial score (nSPS) is 10.7. The number of carboxylic acid groups (broad SMARTS) is 1. The molecule has 19 heavy (non-hydrogen) atoms. The Balaban J connectivity index is 2.33. The number of rotatable bonds is 2. The molecule has 2 heterocycles. The van der Waals surface area contributed by atoms with Crippen LogP contribution >= 0.6 is 0 Å². The Labute approximate surface area is 108 Å². The van der Waals surface area contributed by atoms with Gasteiger partial charge in [-0.05, 0) is 12.1 Å². The Hall–Kier alpha value is -2.82. The van der Waals surface area contributed by atoms with Gasteiger partial charge in [0.15, 0.2) is 0 Å². The molecular formula is C14H11N3O2. The van der Waals surface area contributed by atoms with Crippen molar-refractivity contribution in [1.29, 1.82) is 0 Å². The molecule has 3 rings (SSSR count). The van der Waals surface area contributed by atoms with E-state index in [0.717, 1.165) is 16.5 Å². The van der Waals surface area contributed by atoms with Crippen molar-refractivity contribution >= 4 is 22.7 Å². The monoisotopic (exact) mass is 253 g/mol. The number of aromatic carboxylic acids is 1. The third kappa shape index (κ3) is 1.72. The molecule has 0 saturated carbocycles. The molecule has 0 spiro atoms. The number of pyridine rings is 1. The molecule has 0 radical (unpaired) electrons. The van der Waals surface area contributed by atoms with Gasteiger partial charge in [0.05, 0.1) is 0 Å². The van der Waals surface area contributed by atoms with Crippen LogP contribution in [0.15, 0.2) is 42.7 Å². The van der Waals surface area contributed by atoms with Crippen molar-refractivity contribution < 1.29 is 9.90 Å². The topological polar surface area (TPSA) is 92.0 Å². The summed E-state index contributed by atoms with van der Waals surface area (Å²) < 4.78 is 0. The molecule has 0 aliphatic rings. The van der Waals surface area contributed by atoms with Crippen molar-refractivity contribution in [1.82, 2.24) is 9.97 Å². The lowest BCUT2D eigenvalue weighted by Crippen LogP contribution is -2.06.